The first-order valence-electron chi connectivity index (χ1n) is 8.26. The normalized spacial score (nSPS) is 14.3. The molecule has 0 aliphatic heterocycles. The van der Waals surface area contributed by atoms with Crippen molar-refractivity contribution in [2.75, 3.05) is 27.2 Å². The molecule has 0 bridgehead atoms. The molecule has 1 N–H and O–H groups in total. The van der Waals surface area contributed by atoms with Gasteiger partial charge in [0.05, 0.1) is 5.56 Å². The number of benzene rings is 1. The Morgan fingerprint density at radius 3 is 2.42 bits per heavy atom. The molecule has 1 amide bonds. The Balaban J connectivity index is 2.31. The number of thiophene rings is 1. The summed E-state index contributed by atoms with van der Waals surface area (Å²) in [6.07, 6.45) is -4.33. The molecule has 2 aromatic rings. The third kappa shape index (κ3) is 5.08. The van der Waals surface area contributed by atoms with Crippen molar-refractivity contribution in [2.24, 2.45) is 0 Å². The zero-order valence-electron chi connectivity index (χ0n) is 15.1. The molecule has 0 saturated carbocycles. The first-order valence-corrected chi connectivity index (χ1v) is 9.14. The predicted molar refractivity (Wildman–Crippen MR) is 98.4 cm³/mol. The fourth-order valence-electron chi connectivity index (χ4n) is 2.77. The Morgan fingerprint density at radius 2 is 1.85 bits per heavy atom. The number of nitrogens with zero attached hydrogens (tertiary/aromatic N) is 1. The smallest absolute Gasteiger partial charge is 0.355 e. The molecule has 0 fully saturated rings. The summed E-state index contributed by atoms with van der Waals surface area (Å²) in [5.41, 5.74) is -1.04. The Kier molecular flexibility index (Phi) is 6.47. The molecular formula is C19H23F3N2OS. The van der Waals surface area contributed by atoms with Crippen LogP contribution in [0.4, 0.5) is 13.2 Å². The van der Waals surface area contributed by atoms with Gasteiger partial charge in [-0.25, -0.2) is 0 Å². The van der Waals surface area contributed by atoms with Crippen molar-refractivity contribution >= 4 is 17.2 Å². The summed E-state index contributed by atoms with van der Waals surface area (Å²) in [6.45, 7) is 3.01. The number of rotatable bonds is 7. The van der Waals surface area contributed by atoms with Gasteiger partial charge in [-0.05, 0) is 37.2 Å². The largest absolute Gasteiger partial charge is 0.416 e. The molecule has 1 heterocycles. The Bertz CT molecular complexity index is 729. The van der Waals surface area contributed by atoms with Crippen LogP contribution in [0, 0.1) is 0 Å². The maximum atomic E-state index is 13.1. The van der Waals surface area contributed by atoms with Crippen molar-refractivity contribution in [3.05, 3.63) is 57.8 Å². The van der Waals surface area contributed by atoms with Crippen LogP contribution in [0.3, 0.4) is 0 Å². The van der Waals surface area contributed by atoms with E-state index in [0.717, 1.165) is 17.0 Å². The van der Waals surface area contributed by atoms with Crippen LogP contribution >= 0.6 is 11.3 Å². The molecule has 0 aliphatic rings. The second kappa shape index (κ2) is 8.22. The van der Waals surface area contributed by atoms with Crippen LogP contribution in [-0.4, -0.2) is 38.0 Å². The minimum Gasteiger partial charge on any atom is -0.355 e. The Hall–Kier alpha value is -1.86. The standard InChI is InChI=1S/C19H23F3N2OS/c1-18(16-8-5-11-26-16,13-17(25)23-9-10-24(2)3)14-6-4-7-15(12-14)19(20,21)22/h4-8,11-12H,9-10,13H2,1-3H3,(H,23,25). The van der Waals surface area contributed by atoms with Crippen molar-refractivity contribution in [2.45, 2.75) is 24.9 Å². The maximum absolute atomic E-state index is 13.1. The average Bonchev–Trinajstić information content (AvgIpc) is 3.08. The highest BCUT2D eigenvalue weighted by atomic mass is 32.1. The molecule has 1 atom stereocenters. The summed E-state index contributed by atoms with van der Waals surface area (Å²) in [5, 5.41) is 4.71. The van der Waals surface area contributed by atoms with Crippen LogP contribution < -0.4 is 5.32 Å². The van der Waals surface area contributed by atoms with Crippen molar-refractivity contribution in [3.8, 4) is 0 Å². The minimum atomic E-state index is -4.42. The van der Waals surface area contributed by atoms with Gasteiger partial charge in [-0.3, -0.25) is 4.79 Å². The highest BCUT2D eigenvalue weighted by Gasteiger charge is 2.36. The zero-order chi connectivity index (χ0) is 19.4. The lowest BCUT2D eigenvalue weighted by atomic mass is 9.77. The highest BCUT2D eigenvalue weighted by molar-refractivity contribution is 7.10. The van der Waals surface area contributed by atoms with Crippen LogP contribution in [0.2, 0.25) is 0 Å². The second-order valence-electron chi connectivity index (χ2n) is 6.72. The quantitative estimate of drug-likeness (QED) is 0.778. The van der Waals surface area contributed by atoms with Crippen LogP contribution in [-0.2, 0) is 16.4 Å². The highest BCUT2D eigenvalue weighted by Crippen LogP contribution is 2.40. The first-order chi connectivity index (χ1) is 12.1. The van der Waals surface area contributed by atoms with Crippen LogP contribution in [0.25, 0.3) is 0 Å². The molecular weight excluding hydrogens is 361 g/mol. The number of hydrogen-bond donors (Lipinski definition) is 1. The SMILES string of the molecule is CN(C)CCNC(=O)CC(C)(c1cccc(C(F)(F)F)c1)c1cccs1. The van der Waals surface area contributed by atoms with Crippen molar-refractivity contribution in [3.63, 3.8) is 0 Å². The lowest BCUT2D eigenvalue weighted by molar-refractivity contribution is -0.137. The monoisotopic (exact) mass is 384 g/mol. The molecule has 26 heavy (non-hydrogen) atoms. The lowest BCUT2D eigenvalue weighted by Gasteiger charge is -2.29. The van der Waals surface area contributed by atoms with E-state index in [-0.39, 0.29) is 12.3 Å². The number of likely N-dealkylation sites (N-methyl/N-ethyl adjacent to an activating group) is 1. The zero-order valence-corrected chi connectivity index (χ0v) is 15.9. The molecule has 0 saturated heterocycles. The van der Waals surface area contributed by atoms with E-state index in [4.69, 9.17) is 0 Å². The number of carbonyl (C=O) groups is 1. The number of halogens is 3. The average molecular weight is 384 g/mol. The lowest BCUT2D eigenvalue weighted by Crippen LogP contribution is -2.36. The second-order valence-corrected chi connectivity index (χ2v) is 7.67. The number of alkyl halides is 3. The van der Waals surface area contributed by atoms with Gasteiger partial charge >= 0.3 is 6.18 Å². The van der Waals surface area contributed by atoms with Gasteiger partial charge in [-0.15, -0.1) is 11.3 Å². The van der Waals surface area contributed by atoms with E-state index in [2.05, 4.69) is 5.32 Å². The van der Waals surface area contributed by atoms with Gasteiger partial charge in [0.15, 0.2) is 0 Å². The van der Waals surface area contributed by atoms with E-state index in [1.165, 1.54) is 17.4 Å². The molecule has 1 aromatic carbocycles. The van der Waals surface area contributed by atoms with Gasteiger partial charge in [0.1, 0.15) is 0 Å². The topological polar surface area (TPSA) is 32.3 Å². The summed E-state index contributed by atoms with van der Waals surface area (Å²) in [4.78, 5) is 15.3. The molecule has 2 rings (SSSR count). The minimum absolute atomic E-state index is 0.0856. The molecule has 1 aromatic heterocycles. The van der Waals surface area contributed by atoms with Gasteiger partial charge in [0.2, 0.25) is 5.91 Å². The molecule has 7 heteroatoms. The van der Waals surface area contributed by atoms with E-state index < -0.39 is 17.2 Å². The third-order valence-corrected chi connectivity index (χ3v) is 5.42. The van der Waals surface area contributed by atoms with E-state index in [1.54, 1.807) is 6.07 Å². The Morgan fingerprint density at radius 1 is 1.15 bits per heavy atom. The predicted octanol–water partition coefficient (Wildman–Crippen LogP) is 4.14. The fourth-order valence-corrected chi connectivity index (χ4v) is 3.68. The molecule has 0 spiro atoms. The van der Waals surface area contributed by atoms with Gasteiger partial charge in [0.25, 0.3) is 0 Å². The Labute approximate surface area is 155 Å². The van der Waals surface area contributed by atoms with Gasteiger partial charge in [0, 0.05) is 29.8 Å². The molecule has 142 valence electrons. The van der Waals surface area contributed by atoms with Crippen molar-refractivity contribution in [1.82, 2.24) is 10.2 Å². The van der Waals surface area contributed by atoms with E-state index >= 15 is 0 Å². The fraction of sp³-hybridized carbons (Fsp3) is 0.421. The third-order valence-electron chi connectivity index (χ3n) is 4.29. The summed E-state index contributed by atoms with van der Waals surface area (Å²) in [6, 6.07) is 8.95. The summed E-state index contributed by atoms with van der Waals surface area (Å²) in [7, 11) is 3.81. The number of amides is 1. The summed E-state index contributed by atoms with van der Waals surface area (Å²) in [5.74, 6) is -0.180. The summed E-state index contributed by atoms with van der Waals surface area (Å²) < 4.78 is 39.4. The van der Waals surface area contributed by atoms with Crippen molar-refractivity contribution < 1.29 is 18.0 Å². The van der Waals surface area contributed by atoms with Gasteiger partial charge < -0.3 is 10.2 Å². The van der Waals surface area contributed by atoms with Crippen molar-refractivity contribution in [1.29, 1.82) is 0 Å². The van der Waals surface area contributed by atoms with Gasteiger partial charge in [-0.1, -0.05) is 31.2 Å². The molecule has 0 aliphatic carbocycles. The van der Waals surface area contributed by atoms with E-state index in [0.29, 0.717) is 18.7 Å². The summed E-state index contributed by atoms with van der Waals surface area (Å²) >= 11 is 1.44. The first kappa shape index (κ1) is 20.5. The van der Waals surface area contributed by atoms with Crippen LogP contribution in [0.1, 0.15) is 29.3 Å². The number of nitrogens with one attached hydrogen (secondary N) is 1. The number of carbonyl (C=O) groups excluding carboxylic acids is 1. The van der Waals surface area contributed by atoms with Gasteiger partial charge in [-0.2, -0.15) is 13.2 Å². The maximum Gasteiger partial charge on any atom is 0.416 e. The van der Waals surface area contributed by atoms with Crippen LogP contribution in [0.15, 0.2) is 41.8 Å². The molecule has 3 nitrogen and oxygen atoms in total. The van der Waals surface area contributed by atoms with E-state index in [1.807, 2.05) is 43.4 Å². The molecule has 1 unspecified atom stereocenters. The number of hydrogen-bond acceptors (Lipinski definition) is 3. The van der Waals surface area contributed by atoms with Crippen LogP contribution in [0.5, 0.6) is 0 Å². The molecule has 0 radical (unpaired) electrons. The van der Waals surface area contributed by atoms with E-state index in [9.17, 15) is 18.0 Å².